The Morgan fingerprint density at radius 1 is 1.47 bits per heavy atom. The summed E-state index contributed by atoms with van der Waals surface area (Å²) in [5.41, 5.74) is 2.26. The van der Waals surface area contributed by atoms with E-state index in [2.05, 4.69) is 0 Å². The number of aryl methyl sites for hydroxylation is 2. The molecule has 0 radical (unpaired) electrons. The van der Waals surface area contributed by atoms with Gasteiger partial charge in [-0.2, -0.15) is 4.57 Å². The summed E-state index contributed by atoms with van der Waals surface area (Å²) >= 11 is 0. The van der Waals surface area contributed by atoms with Gasteiger partial charge in [0.2, 0.25) is 6.54 Å². The summed E-state index contributed by atoms with van der Waals surface area (Å²) in [6, 6.07) is 4.02. The molecule has 84 valence electrons. The Kier molecular flexibility index (Phi) is 6.47. The van der Waals surface area contributed by atoms with Crippen molar-refractivity contribution in [3.8, 4) is 0 Å². The lowest BCUT2D eigenvalue weighted by molar-refractivity contribution is -0.692. The minimum absolute atomic E-state index is 0. The maximum Gasteiger partial charge on any atom is 0.372 e. The van der Waals surface area contributed by atoms with Gasteiger partial charge in [-0.15, -0.1) is 0 Å². The summed E-state index contributed by atoms with van der Waals surface area (Å²) in [5, 5.41) is 0. The van der Waals surface area contributed by atoms with E-state index in [1.807, 2.05) is 43.7 Å². The van der Waals surface area contributed by atoms with Gasteiger partial charge in [0, 0.05) is 19.1 Å². The molecule has 1 rings (SSSR count). The van der Waals surface area contributed by atoms with Crippen LogP contribution in [0.3, 0.4) is 0 Å². The lowest BCUT2D eigenvalue weighted by atomic mass is 10.2. The molecule has 1 aromatic rings. The number of nitrogens with zero attached hydrogens (tertiary/aromatic N) is 1. The Morgan fingerprint density at radius 2 is 2.13 bits per heavy atom. The van der Waals surface area contributed by atoms with Gasteiger partial charge < -0.3 is 28.7 Å². The van der Waals surface area contributed by atoms with Crippen LogP contribution in [0.5, 0.6) is 0 Å². The maximum absolute atomic E-state index is 11.2. The SMILES string of the molecule is CCOC(=O)C[n+]1ccc(C)cc1C.[I-]. The molecule has 0 unspecified atom stereocenters. The predicted octanol–water partition coefficient (Wildman–Crippen LogP) is -1.84. The Labute approximate surface area is 107 Å². The number of esters is 1. The third-order valence-corrected chi connectivity index (χ3v) is 2.01. The number of pyridine rings is 1. The van der Waals surface area contributed by atoms with E-state index in [-0.39, 0.29) is 29.9 Å². The monoisotopic (exact) mass is 321 g/mol. The number of ether oxygens (including phenoxy) is 1. The molecule has 0 spiro atoms. The molecule has 1 heterocycles. The van der Waals surface area contributed by atoms with E-state index in [1.165, 1.54) is 5.56 Å². The number of carbonyl (C=O) groups excluding carboxylic acids is 1. The second-order valence-corrected chi connectivity index (χ2v) is 3.28. The molecular weight excluding hydrogens is 305 g/mol. The van der Waals surface area contributed by atoms with Crippen molar-refractivity contribution < 1.29 is 38.1 Å². The number of hydrogen-bond donors (Lipinski definition) is 0. The minimum Gasteiger partial charge on any atom is -1.00 e. The molecule has 3 nitrogen and oxygen atoms in total. The van der Waals surface area contributed by atoms with E-state index in [0.717, 1.165) is 5.69 Å². The molecule has 4 heteroatoms. The Morgan fingerprint density at radius 3 is 2.67 bits per heavy atom. The average molecular weight is 321 g/mol. The summed E-state index contributed by atoms with van der Waals surface area (Å²) < 4.78 is 6.75. The first kappa shape index (κ1) is 14.3. The summed E-state index contributed by atoms with van der Waals surface area (Å²) in [6.45, 7) is 6.54. The van der Waals surface area contributed by atoms with Crippen LogP contribution in [-0.2, 0) is 16.1 Å². The Hall–Kier alpha value is -0.650. The molecule has 0 saturated heterocycles. The zero-order valence-corrected chi connectivity index (χ0v) is 11.4. The summed E-state index contributed by atoms with van der Waals surface area (Å²) in [4.78, 5) is 11.2. The highest BCUT2D eigenvalue weighted by Gasteiger charge is 2.12. The van der Waals surface area contributed by atoms with Crippen LogP contribution < -0.4 is 28.5 Å². The molecule has 0 atom stereocenters. The minimum atomic E-state index is -0.190. The van der Waals surface area contributed by atoms with Crippen molar-refractivity contribution in [3.63, 3.8) is 0 Å². The van der Waals surface area contributed by atoms with Gasteiger partial charge in [0.15, 0.2) is 11.9 Å². The van der Waals surface area contributed by atoms with Gasteiger partial charge >= 0.3 is 5.97 Å². The van der Waals surface area contributed by atoms with Gasteiger partial charge in [-0.1, -0.05) is 0 Å². The van der Waals surface area contributed by atoms with Crippen molar-refractivity contribution in [3.05, 3.63) is 29.6 Å². The fourth-order valence-corrected chi connectivity index (χ4v) is 1.31. The van der Waals surface area contributed by atoms with Gasteiger partial charge in [0.25, 0.3) is 0 Å². The first-order valence-electron chi connectivity index (χ1n) is 4.75. The fraction of sp³-hybridized carbons (Fsp3) is 0.455. The molecule has 0 bridgehead atoms. The molecule has 0 N–H and O–H groups in total. The molecule has 0 saturated carbocycles. The quantitative estimate of drug-likeness (QED) is 0.372. The van der Waals surface area contributed by atoms with Crippen LogP contribution in [0.1, 0.15) is 18.2 Å². The van der Waals surface area contributed by atoms with Crippen LogP contribution in [0.2, 0.25) is 0 Å². The van der Waals surface area contributed by atoms with E-state index in [0.29, 0.717) is 13.2 Å². The fourth-order valence-electron chi connectivity index (χ4n) is 1.31. The van der Waals surface area contributed by atoms with Crippen molar-refractivity contribution in [2.24, 2.45) is 0 Å². The molecule has 1 aromatic heterocycles. The van der Waals surface area contributed by atoms with Crippen LogP contribution in [0.25, 0.3) is 0 Å². The highest BCUT2D eigenvalue weighted by Crippen LogP contribution is 1.96. The molecule has 15 heavy (non-hydrogen) atoms. The smallest absolute Gasteiger partial charge is 0.372 e. The molecule has 0 aliphatic carbocycles. The van der Waals surface area contributed by atoms with Gasteiger partial charge in [0.05, 0.1) is 6.61 Å². The molecule has 0 fully saturated rings. The number of aromatic nitrogens is 1. The van der Waals surface area contributed by atoms with Crippen molar-refractivity contribution in [2.45, 2.75) is 27.3 Å². The van der Waals surface area contributed by atoms with E-state index >= 15 is 0 Å². The summed E-state index contributed by atoms with van der Waals surface area (Å²) in [7, 11) is 0. The first-order chi connectivity index (χ1) is 6.63. The highest BCUT2D eigenvalue weighted by atomic mass is 127. The summed E-state index contributed by atoms with van der Waals surface area (Å²) in [5.74, 6) is -0.190. The second-order valence-electron chi connectivity index (χ2n) is 3.28. The number of hydrogen-bond acceptors (Lipinski definition) is 2. The van der Waals surface area contributed by atoms with E-state index in [9.17, 15) is 4.79 Å². The van der Waals surface area contributed by atoms with Crippen molar-refractivity contribution in [2.75, 3.05) is 6.61 Å². The van der Waals surface area contributed by atoms with Crippen molar-refractivity contribution in [1.82, 2.24) is 0 Å². The van der Waals surface area contributed by atoms with Crippen LogP contribution >= 0.6 is 0 Å². The Bertz CT molecular complexity index is 339. The van der Waals surface area contributed by atoms with E-state index in [1.54, 1.807) is 0 Å². The number of carbonyl (C=O) groups is 1. The molecule has 0 aromatic carbocycles. The zero-order chi connectivity index (χ0) is 10.6. The van der Waals surface area contributed by atoms with Gasteiger partial charge in [-0.3, -0.25) is 0 Å². The normalized spacial score (nSPS) is 9.27. The van der Waals surface area contributed by atoms with Crippen molar-refractivity contribution in [1.29, 1.82) is 0 Å². The first-order valence-corrected chi connectivity index (χ1v) is 4.75. The van der Waals surface area contributed by atoms with Crippen LogP contribution in [-0.4, -0.2) is 12.6 Å². The third-order valence-electron chi connectivity index (χ3n) is 2.01. The lowest BCUT2D eigenvalue weighted by Gasteiger charge is -2.01. The van der Waals surface area contributed by atoms with Crippen LogP contribution in [0, 0.1) is 13.8 Å². The third kappa shape index (κ3) is 4.59. The topological polar surface area (TPSA) is 30.2 Å². The second kappa shape index (κ2) is 6.76. The van der Waals surface area contributed by atoms with E-state index in [4.69, 9.17) is 4.74 Å². The van der Waals surface area contributed by atoms with Crippen LogP contribution in [0.15, 0.2) is 18.3 Å². The zero-order valence-electron chi connectivity index (χ0n) is 9.29. The van der Waals surface area contributed by atoms with Gasteiger partial charge in [-0.05, 0) is 19.4 Å². The standard InChI is InChI=1S/C11H16NO2.HI/c1-4-14-11(13)8-12-6-5-9(2)7-10(12)3;/h5-7H,4,8H2,1-3H3;1H/q+1;/p-1. The molecule has 0 amide bonds. The highest BCUT2D eigenvalue weighted by molar-refractivity contribution is 5.67. The lowest BCUT2D eigenvalue weighted by Crippen LogP contribution is -3.00. The predicted molar refractivity (Wildman–Crippen MR) is 52.7 cm³/mol. The molecule has 0 aliphatic heterocycles. The van der Waals surface area contributed by atoms with Gasteiger partial charge in [-0.25, -0.2) is 4.79 Å². The Balaban J connectivity index is 0.00000196. The largest absolute Gasteiger partial charge is 1.00 e. The van der Waals surface area contributed by atoms with E-state index < -0.39 is 0 Å². The van der Waals surface area contributed by atoms with Crippen LogP contribution in [0.4, 0.5) is 0 Å². The number of rotatable bonds is 3. The molecule has 0 aliphatic rings. The average Bonchev–Trinajstić information content (AvgIpc) is 2.10. The van der Waals surface area contributed by atoms with Gasteiger partial charge in [0.1, 0.15) is 0 Å². The number of halogens is 1. The maximum atomic E-state index is 11.2. The van der Waals surface area contributed by atoms with Crippen molar-refractivity contribution >= 4 is 5.97 Å². The molecular formula is C11H16INO2. The summed E-state index contributed by atoms with van der Waals surface area (Å²) in [6.07, 6.45) is 1.90.